The predicted molar refractivity (Wildman–Crippen MR) is 95.9 cm³/mol. The summed E-state index contributed by atoms with van der Waals surface area (Å²) >= 11 is 0. The Hall–Kier alpha value is -2.95. The molecular weight excluding hydrogens is 314 g/mol. The second kappa shape index (κ2) is 7.75. The predicted octanol–water partition coefficient (Wildman–Crippen LogP) is 3.67. The molecule has 0 bridgehead atoms. The number of rotatable bonds is 6. The van der Waals surface area contributed by atoms with Gasteiger partial charge in [-0.2, -0.15) is 5.10 Å². The molecule has 3 rings (SSSR count). The molecule has 0 atom stereocenters. The molecular formula is C20H21N3O2. The Morgan fingerprint density at radius 2 is 1.92 bits per heavy atom. The Labute approximate surface area is 147 Å². The highest BCUT2D eigenvalue weighted by Crippen LogP contribution is 2.11. The van der Waals surface area contributed by atoms with Gasteiger partial charge in [0.1, 0.15) is 0 Å². The van der Waals surface area contributed by atoms with Crippen molar-refractivity contribution in [1.29, 1.82) is 0 Å². The minimum Gasteiger partial charge on any atom is -0.462 e. The Morgan fingerprint density at radius 1 is 1.12 bits per heavy atom. The van der Waals surface area contributed by atoms with Crippen LogP contribution in [0.15, 0.2) is 54.7 Å². The molecule has 0 spiro atoms. The Morgan fingerprint density at radius 3 is 2.56 bits per heavy atom. The Balaban J connectivity index is 1.53. The van der Waals surface area contributed by atoms with E-state index in [4.69, 9.17) is 4.74 Å². The first-order valence-corrected chi connectivity index (χ1v) is 8.34. The fraction of sp³-hybridized carbons (Fsp3) is 0.250. The molecule has 2 heterocycles. The Bertz CT molecular complexity index is 839. The van der Waals surface area contributed by atoms with Crippen LogP contribution in [0.3, 0.4) is 0 Å². The van der Waals surface area contributed by atoms with E-state index in [0.29, 0.717) is 18.0 Å². The second-order valence-corrected chi connectivity index (χ2v) is 5.97. The highest BCUT2D eigenvalue weighted by atomic mass is 16.5. The number of aromatic nitrogens is 3. The van der Waals surface area contributed by atoms with Crippen LogP contribution >= 0.6 is 0 Å². The van der Waals surface area contributed by atoms with E-state index in [1.165, 1.54) is 11.8 Å². The minimum absolute atomic E-state index is 0.347. The number of pyridine rings is 1. The van der Waals surface area contributed by atoms with Gasteiger partial charge in [0.2, 0.25) is 0 Å². The summed E-state index contributed by atoms with van der Waals surface area (Å²) in [5.41, 5.74) is 3.63. The van der Waals surface area contributed by atoms with Crippen LogP contribution in [0, 0.1) is 13.8 Å². The number of hydrogen-bond donors (Lipinski definition) is 0. The largest absolute Gasteiger partial charge is 0.462 e. The molecule has 0 aliphatic carbocycles. The van der Waals surface area contributed by atoms with Crippen LogP contribution in [-0.2, 0) is 11.2 Å². The van der Waals surface area contributed by atoms with E-state index in [1.54, 1.807) is 16.8 Å². The summed E-state index contributed by atoms with van der Waals surface area (Å²) in [4.78, 5) is 16.4. The quantitative estimate of drug-likeness (QED) is 0.509. The molecule has 0 saturated carbocycles. The van der Waals surface area contributed by atoms with Crippen LogP contribution in [-0.4, -0.2) is 27.3 Å². The minimum atomic E-state index is -0.347. The summed E-state index contributed by atoms with van der Waals surface area (Å²) in [5, 5.41) is 4.38. The van der Waals surface area contributed by atoms with Gasteiger partial charge in [-0.3, -0.25) is 0 Å². The molecule has 1 aromatic carbocycles. The highest BCUT2D eigenvalue weighted by Gasteiger charge is 2.10. The van der Waals surface area contributed by atoms with Gasteiger partial charge >= 0.3 is 5.97 Å². The van der Waals surface area contributed by atoms with Crippen molar-refractivity contribution in [3.05, 3.63) is 77.2 Å². The van der Waals surface area contributed by atoms with Crippen molar-refractivity contribution >= 4 is 5.97 Å². The van der Waals surface area contributed by atoms with Crippen LogP contribution in [0.5, 0.6) is 0 Å². The summed E-state index contributed by atoms with van der Waals surface area (Å²) in [6, 6.07) is 15.6. The van der Waals surface area contributed by atoms with Gasteiger partial charge in [-0.1, -0.05) is 30.3 Å². The third kappa shape index (κ3) is 4.32. The number of aryl methyl sites for hydroxylation is 3. The average Bonchev–Trinajstić information content (AvgIpc) is 2.98. The number of esters is 1. The van der Waals surface area contributed by atoms with E-state index in [1.807, 2.05) is 38.1 Å². The van der Waals surface area contributed by atoms with Crippen molar-refractivity contribution in [1.82, 2.24) is 14.8 Å². The molecule has 5 heteroatoms. The zero-order chi connectivity index (χ0) is 17.6. The van der Waals surface area contributed by atoms with Gasteiger partial charge in [0, 0.05) is 11.9 Å². The number of benzene rings is 1. The molecule has 128 valence electrons. The van der Waals surface area contributed by atoms with Crippen molar-refractivity contribution in [2.75, 3.05) is 6.61 Å². The van der Waals surface area contributed by atoms with Crippen molar-refractivity contribution in [3.8, 4) is 5.82 Å². The van der Waals surface area contributed by atoms with E-state index in [9.17, 15) is 4.79 Å². The van der Waals surface area contributed by atoms with E-state index in [2.05, 4.69) is 22.2 Å². The standard InChI is InChI=1S/C20H21N3O2/c1-15-13-16(2)23(22-15)19-11-10-18(14-21-19)20(24)25-12-6-9-17-7-4-3-5-8-17/h3-5,7-8,10-11,13-14H,6,9,12H2,1-2H3. The summed E-state index contributed by atoms with van der Waals surface area (Å²) in [5.74, 6) is 0.340. The number of ether oxygens (including phenoxy) is 1. The van der Waals surface area contributed by atoms with Crippen molar-refractivity contribution in [2.45, 2.75) is 26.7 Å². The maximum atomic E-state index is 12.1. The van der Waals surface area contributed by atoms with Gasteiger partial charge in [0.25, 0.3) is 0 Å². The van der Waals surface area contributed by atoms with Gasteiger partial charge < -0.3 is 4.74 Å². The van der Waals surface area contributed by atoms with Crippen LogP contribution < -0.4 is 0 Å². The number of nitrogens with zero attached hydrogens (tertiary/aromatic N) is 3. The van der Waals surface area contributed by atoms with Gasteiger partial charge in [-0.25, -0.2) is 14.5 Å². The number of carbonyl (C=O) groups excluding carboxylic acids is 1. The lowest BCUT2D eigenvalue weighted by Crippen LogP contribution is -2.09. The zero-order valence-corrected chi connectivity index (χ0v) is 14.5. The molecule has 0 aliphatic rings. The molecule has 0 aliphatic heterocycles. The first-order chi connectivity index (χ1) is 12.1. The van der Waals surface area contributed by atoms with Crippen molar-refractivity contribution in [3.63, 3.8) is 0 Å². The molecule has 0 radical (unpaired) electrons. The Kier molecular flexibility index (Phi) is 5.23. The van der Waals surface area contributed by atoms with Crippen LogP contribution in [0.4, 0.5) is 0 Å². The van der Waals surface area contributed by atoms with Gasteiger partial charge in [-0.15, -0.1) is 0 Å². The third-order valence-corrected chi connectivity index (χ3v) is 3.90. The first-order valence-electron chi connectivity index (χ1n) is 8.34. The maximum Gasteiger partial charge on any atom is 0.339 e. The highest BCUT2D eigenvalue weighted by molar-refractivity contribution is 5.89. The van der Waals surface area contributed by atoms with Crippen LogP contribution in [0.25, 0.3) is 5.82 Å². The van der Waals surface area contributed by atoms with Gasteiger partial charge in [0.15, 0.2) is 5.82 Å². The molecule has 5 nitrogen and oxygen atoms in total. The van der Waals surface area contributed by atoms with Crippen molar-refractivity contribution < 1.29 is 9.53 Å². The van der Waals surface area contributed by atoms with E-state index in [-0.39, 0.29) is 5.97 Å². The number of carbonyl (C=O) groups is 1. The molecule has 0 unspecified atom stereocenters. The average molecular weight is 335 g/mol. The normalized spacial score (nSPS) is 10.6. The van der Waals surface area contributed by atoms with Crippen molar-refractivity contribution in [2.24, 2.45) is 0 Å². The van der Waals surface area contributed by atoms with Gasteiger partial charge in [-0.05, 0) is 50.5 Å². The van der Waals surface area contributed by atoms with E-state index in [0.717, 1.165) is 24.2 Å². The van der Waals surface area contributed by atoms with Crippen LogP contribution in [0.1, 0.15) is 33.7 Å². The molecule has 25 heavy (non-hydrogen) atoms. The lowest BCUT2D eigenvalue weighted by atomic mass is 10.1. The fourth-order valence-electron chi connectivity index (χ4n) is 2.66. The van der Waals surface area contributed by atoms with E-state index >= 15 is 0 Å². The molecule has 0 amide bonds. The number of hydrogen-bond acceptors (Lipinski definition) is 4. The molecule has 2 aromatic heterocycles. The molecule has 0 N–H and O–H groups in total. The topological polar surface area (TPSA) is 57.0 Å². The molecule has 0 fully saturated rings. The lowest BCUT2D eigenvalue weighted by Gasteiger charge is -2.06. The summed E-state index contributed by atoms with van der Waals surface area (Å²) in [6.45, 7) is 4.30. The van der Waals surface area contributed by atoms with E-state index < -0.39 is 0 Å². The smallest absolute Gasteiger partial charge is 0.339 e. The molecule has 3 aromatic rings. The maximum absolute atomic E-state index is 12.1. The monoisotopic (exact) mass is 335 g/mol. The third-order valence-electron chi connectivity index (χ3n) is 3.90. The molecule has 0 saturated heterocycles. The summed E-state index contributed by atoms with van der Waals surface area (Å²) < 4.78 is 7.08. The van der Waals surface area contributed by atoms with Crippen LogP contribution in [0.2, 0.25) is 0 Å². The van der Waals surface area contributed by atoms with Gasteiger partial charge in [0.05, 0.1) is 17.9 Å². The lowest BCUT2D eigenvalue weighted by molar-refractivity contribution is 0.0500. The zero-order valence-electron chi connectivity index (χ0n) is 14.5. The SMILES string of the molecule is Cc1cc(C)n(-c2ccc(C(=O)OCCCc3ccccc3)cn2)n1. The summed E-state index contributed by atoms with van der Waals surface area (Å²) in [7, 11) is 0. The first kappa shape index (κ1) is 16.9. The fourth-order valence-corrected chi connectivity index (χ4v) is 2.66. The second-order valence-electron chi connectivity index (χ2n) is 5.97. The summed E-state index contributed by atoms with van der Waals surface area (Å²) in [6.07, 6.45) is 3.22.